The van der Waals surface area contributed by atoms with Crippen LogP contribution in [0, 0.1) is 0 Å². The minimum absolute atomic E-state index is 0.0743. The van der Waals surface area contributed by atoms with Gasteiger partial charge in [-0.3, -0.25) is 14.4 Å². The molecule has 0 aliphatic heterocycles. The van der Waals surface area contributed by atoms with Crippen molar-refractivity contribution in [3.05, 3.63) is 36.5 Å². The van der Waals surface area contributed by atoms with Crippen molar-refractivity contribution < 1.29 is 28.6 Å². The molecular weight excluding hydrogens is 829 g/mol. The van der Waals surface area contributed by atoms with Gasteiger partial charge in [-0.25, -0.2) is 0 Å². The van der Waals surface area contributed by atoms with Crippen LogP contribution in [0.15, 0.2) is 36.5 Å². The predicted octanol–water partition coefficient (Wildman–Crippen LogP) is 19.7. The van der Waals surface area contributed by atoms with Crippen LogP contribution in [0.2, 0.25) is 0 Å². The van der Waals surface area contributed by atoms with E-state index in [1.165, 1.54) is 193 Å². The lowest BCUT2D eigenvalue weighted by Crippen LogP contribution is -2.30. The van der Waals surface area contributed by atoms with E-state index in [2.05, 4.69) is 57.2 Å². The number of hydrogen-bond acceptors (Lipinski definition) is 6. The minimum Gasteiger partial charge on any atom is -0.462 e. The zero-order chi connectivity index (χ0) is 48.6. The second-order valence-electron chi connectivity index (χ2n) is 19.9. The third-order valence-corrected chi connectivity index (χ3v) is 13.1. The Labute approximate surface area is 416 Å². The smallest absolute Gasteiger partial charge is 0.306 e. The summed E-state index contributed by atoms with van der Waals surface area (Å²) in [5.41, 5.74) is 0. The number of allylic oxidation sites excluding steroid dienone is 6. The Bertz CT molecular complexity index is 1130. The zero-order valence-corrected chi connectivity index (χ0v) is 44.9. The maximum absolute atomic E-state index is 12.9. The monoisotopic (exact) mass is 941 g/mol. The van der Waals surface area contributed by atoms with Crippen molar-refractivity contribution in [2.24, 2.45) is 0 Å². The van der Waals surface area contributed by atoms with Crippen LogP contribution in [-0.4, -0.2) is 37.2 Å². The van der Waals surface area contributed by atoms with Gasteiger partial charge in [0.05, 0.1) is 0 Å². The van der Waals surface area contributed by atoms with Gasteiger partial charge in [-0.15, -0.1) is 0 Å². The Morgan fingerprint density at radius 1 is 0.299 bits per heavy atom. The van der Waals surface area contributed by atoms with Crippen molar-refractivity contribution >= 4 is 17.9 Å². The maximum Gasteiger partial charge on any atom is 0.306 e. The molecule has 0 saturated carbocycles. The molecule has 0 heterocycles. The van der Waals surface area contributed by atoms with E-state index in [0.717, 1.165) is 83.5 Å². The van der Waals surface area contributed by atoms with Crippen LogP contribution in [0.3, 0.4) is 0 Å². The second-order valence-corrected chi connectivity index (χ2v) is 19.9. The lowest BCUT2D eigenvalue weighted by molar-refractivity contribution is -0.167. The molecular formula is C61H112O6. The highest BCUT2D eigenvalue weighted by molar-refractivity contribution is 5.71. The SMILES string of the molecule is CCCCC/C=C\C/C=C\C/C=C\CCCCCCC(=O)OC[C@@H](COC(=O)CCCCCCCCCCCCCCCCCC)OC(=O)CCCCCCCCCCCCCCCCCC. The fourth-order valence-electron chi connectivity index (χ4n) is 8.69. The Balaban J connectivity index is 4.37. The van der Waals surface area contributed by atoms with Gasteiger partial charge in [0, 0.05) is 19.3 Å². The molecule has 392 valence electrons. The summed E-state index contributed by atoms with van der Waals surface area (Å²) in [5, 5.41) is 0. The van der Waals surface area contributed by atoms with E-state index in [0.29, 0.717) is 19.3 Å². The molecule has 1 atom stereocenters. The summed E-state index contributed by atoms with van der Waals surface area (Å²) < 4.78 is 16.9. The van der Waals surface area contributed by atoms with Crippen molar-refractivity contribution in [1.29, 1.82) is 0 Å². The van der Waals surface area contributed by atoms with Gasteiger partial charge in [0.25, 0.3) is 0 Å². The van der Waals surface area contributed by atoms with Crippen LogP contribution >= 0.6 is 0 Å². The molecule has 0 aliphatic rings. The molecule has 0 radical (unpaired) electrons. The van der Waals surface area contributed by atoms with E-state index >= 15 is 0 Å². The lowest BCUT2D eigenvalue weighted by Gasteiger charge is -2.18. The molecule has 67 heavy (non-hydrogen) atoms. The van der Waals surface area contributed by atoms with E-state index < -0.39 is 6.10 Å². The molecule has 0 N–H and O–H groups in total. The first-order valence-electron chi connectivity index (χ1n) is 29.5. The van der Waals surface area contributed by atoms with Crippen LogP contribution in [0.1, 0.15) is 316 Å². The topological polar surface area (TPSA) is 78.9 Å². The van der Waals surface area contributed by atoms with Gasteiger partial charge < -0.3 is 14.2 Å². The number of carbonyl (C=O) groups is 3. The summed E-state index contributed by atoms with van der Waals surface area (Å²) >= 11 is 0. The van der Waals surface area contributed by atoms with Gasteiger partial charge in [0.15, 0.2) is 6.10 Å². The highest BCUT2D eigenvalue weighted by atomic mass is 16.6. The fraction of sp³-hybridized carbons (Fsp3) is 0.852. The third-order valence-electron chi connectivity index (χ3n) is 13.1. The molecule has 0 aromatic carbocycles. The summed E-state index contributed by atoms with van der Waals surface area (Å²) in [6.45, 7) is 6.64. The molecule has 0 spiro atoms. The average Bonchev–Trinajstić information content (AvgIpc) is 3.33. The predicted molar refractivity (Wildman–Crippen MR) is 289 cm³/mol. The Morgan fingerprint density at radius 2 is 0.537 bits per heavy atom. The van der Waals surface area contributed by atoms with Gasteiger partial charge in [-0.1, -0.05) is 276 Å². The first kappa shape index (κ1) is 64.6. The summed E-state index contributed by atoms with van der Waals surface area (Å²) in [6.07, 6.45) is 67.0. The minimum atomic E-state index is -0.777. The summed E-state index contributed by atoms with van der Waals surface area (Å²) in [5.74, 6) is -0.876. The molecule has 6 heteroatoms. The summed E-state index contributed by atoms with van der Waals surface area (Å²) in [4.78, 5) is 38.2. The standard InChI is InChI=1S/C61H112O6/c1-4-7-10-13-16-19-22-25-28-31-34-36-39-42-45-48-51-54-60(63)66-57-58(67-61(64)55-52-49-46-43-40-37-33-30-27-24-21-18-15-12-9-6-3)56-65-59(62)53-50-47-44-41-38-35-32-29-26-23-20-17-14-11-8-5-2/h16,19,25,28,34,36,58H,4-15,17-18,20-24,26-27,29-33,35,37-57H2,1-3H3/b19-16-,28-25-,36-34-/t58-/m1/s1. The summed E-state index contributed by atoms with van der Waals surface area (Å²) in [6, 6.07) is 0. The van der Waals surface area contributed by atoms with Gasteiger partial charge in [-0.05, 0) is 57.8 Å². The molecule has 0 unspecified atom stereocenters. The number of hydrogen-bond donors (Lipinski definition) is 0. The fourth-order valence-corrected chi connectivity index (χ4v) is 8.69. The number of unbranched alkanes of at least 4 members (excludes halogenated alkanes) is 37. The first-order valence-corrected chi connectivity index (χ1v) is 29.5. The highest BCUT2D eigenvalue weighted by Crippen LogP contribution is 2.17. The van der Waals surface area contributed by atoms with Crippen LogP contribution in [0.5, 0.6) is 0 Å². The van der Waals surface area contributed by atoms with Gasteiger partial charge >= 0.3 is 17.9 Å². The van der Waals surface area contributed by atoms with Gasteiger partial charge in [0.1, 0.15) is 13.2 Å². The first-order chi connectivity index (χ1) is 33.0. The van der Waals surface area contributed by atoms with E-state index in [4.69, 9.17) is 14.2 Å². The molecule has 0 saturated heterocycles. The Hall–Kier alpha value is -2.37. The number of ether oxygens (including phenoxy) is 3. The molecule has 6 nitrogen and oxygen atoms in total. The molecule has 0 aliphatic carbocycles. The summed E-state index contributed by atoms with van der Waals surface area (Å²) in [7, 11) is 0. The number of esters is 3. The molecule has 0 rings (SSSR count). The van der Waals surface area contributed by atoms with Gasteiger partial charge in [-0.2, -0.15) is 0 Å². The molecule has 0 amide bonds. The van der Waals surface area contributed by atoms with Crippen LogP contribution in [0.4, 0.5) is 0 Å². The van der Waals surface area contributed by atoms with Gasteiger partial charge in [0.2, 0.25) is 0 Å². The van der Waals surface area contributed by atoms with Crippen molar-refractivity contribution in [1.82, 2.24) is 0 Å². The van der Waals surface area contributed by atoms with Crippen molar-refractivity contribution in [2.45, 2.75) is 322 Å². The normalized spacial score (nSPS) is 12.2. The molecule has 0 bridgehead atoms. The Kier molecular flexibility index (Phi) is 54.2. The van der Waals surface area contributed by atoms with Crippen LogP contribution < -0.4 is 0 Å². The second kappa shape index (κ2) is 56.2. The highest BCUT2D eigenvalue weighted by Gasteiger charge is 2.19. The quantitative estimate of drug-likeness (QED) is 0.0262. The third kappa shape index (κ3) is 54.4. The largest absolute Gasteiger partial charge is 0.462 e. The van der Waals surface area contributed by atoms with Crippen molar-refractivity contribution in [3.8, 4) is 0 Å². The maximum atomic E-state index is 12.9. The lowest BCUT2D eigenvalue weighted by atomic mass is 10.0. The number of rotatable bonds is 54. The van der Waals surface area contributed by atoms with E-state index in [9.17, 15) is 14.4 Å². The van der Waals surface area contributed by atoms with Crippen molar-refractivity contribution in [3.63, 3.8) is 0 Å². The number of carbonyl (C=O) groups excluding carboxylic acids is 3. The van der Waals surface area contributed by atoms with Crippen LogP contribution in [-0.2, 0) is 28.6 Å². The van der Waals surface area contributed by atoms with E-state index in [-0.39, 0.29) is 31.1 Å². The van der Waals surface area contributed by atoms with E-state index in [1.807, 2.05) is 0 Å². The van der Waals surface area contributed by atoms with Crippen LogP contribution in [0.25, 0.3) is 0 Å². The molecule has 0 fully saturated rings. The average molecular weight is 942 g/mol. The zero-order valence-electron chi connectivity index (χ0n) is 44.9. The van der Waals surface area contributed by atoms with E-state index in [1.54, 1.807) is 0 Å². The Morgan fingerprint density at radius 3 is 0.866 bits per heavy atom. The molecule has 0 aromatic rings. The molecule has 0 aromatic heterocycles. The van der Waals surface area contributed by atoms with Crippen molar-refractivity contribution in [2.75, 3.05) is 13.2 Å².